The van der Waals surface area contributed by atoms with E-state index in [0.717, 1.165) is 24.8 Å². The summed E-state index contributed by atoms with van der Waals surface area (Å²) in [7, 11) is 0. The molecule has 1 amide bonds. The molecule has 21 heavy (non-hydrogen) atoms. The van der Waals surface area contributed by atoms with Crippen molar-refractivity contribution >= 4 is 35.1 Å². The van der Waals surface area contributed by atoms with Crippen molar-refractivity contribution in [2.24, 2.45) is 5.41 Å². The first kappa shape index (κ1) is 16.1. The van der Waals surface area contributed by atoms with Crippen LogP contribution in [0.3, 0.4) is 0 Å². The molecule has 1 aromatic rings. The van der Waals surface area contributed by atoms with Crippen molar-refractivity contribution in [1.82, 2.24) is 5.32 Å². The summed E-state index contributed by atoms with van der Waals surface area (Å²) in [6.07, 6.45) is 3.05. The zero-order valence-corrected chi connectivity index (χ0v) is 13.0. The van der Waals surface area contributed by atoms with Crippen molar-refractivity contribution in [2.45, 2.75) is 32.1 Å². The average Bonchev–Trinajstić information content (AvgIpc) is 2.36. The maximum absolute atomic E-state index is 11.9. The molecule has 1 aliphatic carbocycles. The van der Waals surface area contributed by atoms with Gasteiger partial charge in [0.05, 0.1) is 22.9 Å². The summed E-state index contributed by atoms with van der Waals surface area (Å²) in [5.74, 6) is -0.946. The number of benzene rings is 1. The highest BCUT2D eigenvalue weighted by molar-refractivity contribution is 6.42. The number of carbonyl (C=O) groups is 2. The lowest BCUT2D eigenvalue weighted by Gasteiger charge is -2.40. The fourth-order valence-corrected chi connectivity index (χ4v) is 2.92. The van der Waals surface area contributed by atoms with Gasteiger partial charge < -0.3 is 10.4 Å². The number of halogens is 2. The molecule has 1 aliphatic rings. The number of carboxylic acid groups (broad SMARTS) is 1. The summed E-state index contributed by atoms with van der Waals surface area (Å²) in [5.41, 5.74) is 0.516. The van der Waals surface area contributed by atoms with E-state index < -0.39 is 5.97 Å². The number of nitrogens with one attached hydrogen (secondary N) is 1. The molecular formula is C15H17Cl2NO3. The SMILES string of the molecule is O=C(O)CC1(CNC(=O)Cc2ccc(Cl)c(Cl)c2)CCC1. The third-order valence-corrected chi connectivity index (χ3v) is 4.69. The highest BCUT2D eigenvalue weighted by atomic mass is 35.5. The summed E-state index contributed by atoms with van der Waals surface area (Å²) in [4.78, 5) is 22.8. The molecule has 0 unspecified atom stereocenters. The fraction of sp³-hybridized carbons (Fsp3) is 0.467. The van der Waals surface area contributed by atoms with Crippen molar-refractivity contribution in [2.75, 3.05) is 6.54 Å². The van der Waals surface area contributed by atoms with E-state index in [4.69, 9.17) is 28.3 Å². The van der Waals surface area contributed by atoms with E-state index in [2.05, 4.69) is 5.32 Å². The summed E-state index contributed by atoms with van der Waals surface area (Å²) in [5, 5.41) is 12.6. The van der Waals surface area contributed by atoms with Gasteiger partial charge in [0.1, 0.15) is 0 Å². The van der Waals surface area contributed by atoms with Crippen LogP contribution < -0.4 is 5.32 Å². The van der Waals surface area contributed by atoms with E-state index in [0.29, 0.717) is 16.6 Å². The summed E-state index contributed by atoms with van der Waals surface area (Å²) < 4.78 is 0. The van der Waals surface area contributed by atoms with Crippen molar-refractivity contribution < 1.29 is 14.7 Å². The zero-order valence-electron chi connectivity index (χ0n) is 11.5. The van der Waals surface area contributed by atoms with Gasteiger partial charge in [0.25, 0.3) is 0 Å². The van der Waals surface area contributed by atoms with Gasteiger partial charge in [-0.3, -0.25) is 9.59 Å². The number of hydrogen-bond donors (Lipinski definition) is 2. The molecule has 0 atom stereocenters. The molecule has 0 radical (unpaired) electrons. The highest BCUT2D eigenvalue weighted by Crippen LogP contribution is 2.43. The number of hydrogen-bond acceptors (Lipinski definition) is 2. The van der Waals surface area contributed by atoms with Gasteiger partial charge >= 0.3 is 5.97 Å². The van der Waals surface area contributed by atoms with Gasteiger partial charge in [0, 0.05) is 6.54 Å². The van der Waals surface area contributed by atoms with Gasteiger partial charge in [-0.15, -0.1) is 0 Å². The zero-order chi connectivity index (χ0) is 15.5. The minimum Gasteiger partial charge on any atom is -0.481 e. The molecule has 2 N–H and O–H groups in total. The second-order valence-electron chi connectivity index (χ2n) is 5.63. The summed E-state index contributed by atoms with van der Waals surface area (Å²) in [6, 6.07) is 5.08. The lowest BCUT2D eigenvalue weighted by molar-refractivity contribution is -0.141. The van der Waals surface area contributed by atoms with E-state index in [1.807, 2.05) is 0 Å². The Morgan fingerprint density at radius 1 is 1.24 bits per heavy atom. The van der Waals surface area contributed by atoms with Gasteiger partial charge in [-0.1, -0.05) is 35.7 Å². The Kier molecular flexibility index (Phi) is 5.12. The number of carbonyl (C=O) groups excluding carboxylic acids is 1. The van der Waals surface area contributed by atoms with E-state index in [-0.39, 0.29) is 24.2 Å². The Balaban J connectivity index is 1.87. The van der Waals surface area contributed by atoms with Gasteiger partial charge in [0.2, 0.25) is 5.91 Å². The van der Waals surface area contributed by atoms with Crippen LogP contribution in [-0.4, -0.2) is 23.5 Å². The predicted octanol–water partition coefficient (Wildman–Crippen LogP) is 3.30. The molecule has 1 saturated carbocycles. The smallest absolute Gasteiger partial charge is 0.303 e. The molecule has 114 valence electrons. The molecule has 1 fully saturated rings. The molecule has 0 aliphatic heterocycles. The Labute approximate surface area is 133 Å². The maximum atomic E-state index is 11.9. The largest absolute Gasteiger partial charge is 0.481 e. The molecular weight excluding hydrogens is 313 g/mol. The first-order valence-corrected chi connectivity index (χ1v) is 7.58. The highest BCUT2D eigenvalue weighted by Gasteiger charge is 2.39. The lowest BCUT2D eigenvalue weighted by Crippen LogP contribution is -2.43. The number of rotatable bonds is 6. The molecule has 0 aromatic heterocycles. The predicted molar refractivity (Wildman–Crippen MR) is 81.7 cm³/mol. The van der Waals surface area contributed by atoms with Crippen LogP contribution in [0.15, 0.2) is 18.2 Å². The van der Waals surface area contributed by atoms with Crippen LogP contribution in [0.4, 0.5) is 0 Å². The van der Waals surface area contributed by atoms with Crippen molar-refractivity contribution in [3.8, 4) is 0 Å². The normalized spacial score (nSPS) is 16.1. The second-order valence-corrected chi connectivity index (χ2v) is 6.44. The first-order valence-electron chi connectivity index (χ1n) is 6.83. The lowest BCUT2D eigenvalue weighted by atomic mass is 9.66. The molecule has 0 spiro atoms. The first-order chi connectivity index (χ1) is 9.90. The molecule has 0 heterocycles. The number of carboxylic acids is 1. The average molecular weight is 330 g/mol. The Morgan fingerprint density at radius 3 is 2.48 bits per heavy atom. The third kappa shape index (κ3) is 4.35. The van der Waals surface area contributed by atoms with E-state index >= 15 is 0 Å². The van der Waals surface area contributed by atoms with Crippen LogP contribution >= 0.6 is 23.2 Å². The van der Waals surface area contributed by atoms with Crippen LogP contribution in [0.25, 0.3) is 0 Å². The Bertz CT molecular complexity index is 556. The van der Waals surface area contributed by atoms with Crippen LogP contribution in [0.1, 0.15) is 31.2 Å². The quantitative estimate of drug-likeness (QED) is 0.841. The van der Waals surface area contributed by atoms with E-state index in [9.17, 15) is 9.59 Å². The van der Waals surface area contributed by atoms with Crippen LogP contribution in [-0.2, 0) is 16.0 Å². The standard InChI is InChI=1S/C15H17Cl2NO3/c16-11-3-2-10(6-12(11)17)7-13(19)18-9-15(4-1-5-15)8-14(20)21/h2-3,6H,1,4-5,7-9H2,(H,18,19)(H,20,21). The number of amides is 1. The second kappa shape index (κ2) is 6.67. The molecule has 0 saturated heterocycles. The Hall–Kier alpha value is -1.26. The minimum absolute atomic E-state index is 0.111. The van der Waals surface area contributed by atoms with Crippen molar-refractivity contribution in [3.05, 3.63) is 33.8 Å². The van der Waals surface area contributed by atoms with Gasteiger partial charge in [-0.2, -0.15) is 0 Å². The molecule has 1 aromatic carbocycles. The Morgan fingerprint density at radius 2 is 1.95 bits per heavy atom. The topological polar surface area (TPSA) is 66.4 Å². The van der Waals surface area contributed by atoms with Crippen LogP contribution in [0.2, 0.25) is 10.0 Å². The molecule has 4 nitrogen and oxygen atoms in total. The summed E-state index contributed by atoms with van der Waals surface area (Å²) in [6.45, 7) is 0.416. The maximum Gasteiger partial charge on any atom is 0.303 e. The van der Waals surface area contributed by atoms with Gasteiger partial charge in [-0.05, 0) is 36.0 Å². The van der Waals surface area contributed by atoms with Crippen molar-refractivity contribution in [3.63, 3.8) is 0 Å². The van der Waals surface area contributed by atoms with E-state index in [1.165, 1.54) is 0 Å². The van der Waals surface area contributed by atoms with Gasteiger partial charge in [0.15, 0.2) is 0 Å². The molecule has 6 heteroatoms. The third-order valence-electron chi connectivity index (χ3n) is 3.95. The van der Waals surface area contributed by atoms with Gasteiger partial charge in [-0.25, -0.2) is 0 Å². The minimum atomic E-state index is -0.812. The van der Waals surface area contributed by atoms with E-state index in [1.54, 1.807) is 18.2 Å². The monoisotopic (exact) mass is 329 g/mol. The fourth-order valence-electron chi connectivity index (χ4n) is 2.60. The van der Waals surface area contributed by atoms with Crippen molar-refractivity contribution in [1.29, 1.82) is 0 Å². The summed E-state index contributed by atoms with van der Waals surface area (Å²) >= 11 is 11.7. The van der Waals surface area contributed by atoms with Crippen LogP contribution in [0.5, 0.6) is 0 Å². The molecule has 0 bridgehead atoms. The molecule has 2 rings (SSSR count). The number of aliphatic carboxylic acids is 1. The van der Waals surface area contributed by atoms with Crippen LogP contribution in [0, 0.1) is 5.41 Å².